The van der Waals surface area contributed by atoms with Crippen molar-refractivity contribution in [3.05, 3.63) is 58.8 Å². The average Bonchev–Trinajstić information content (AvgIpc) is 3.04. The molecule has 1 atom stereocenters. The number of cyclic esters (lactones) is 1. The third kappa shape index (κ3) is 6.41. The van der Waals surface area contributed by atoms with Crippen molar-refractivity contribution in [3.63, 3.8) is 0 Å². The highest BCUT2D eigenvalue weighted by Gasteiger charge is 2.24. The van der Waals surface area contributed by atoms with Gasteiger partial charge in [-0.3, -0.25) is 0 Å². The number of benzene rings is 1. The predicted octanol–water partition coefficient (Wildman–Crippen LogP) is 3.57. The zero-order chi connectivity index (χ0) is 17.1. The molecule has 1 saturated heterocycles. The predicted molar refractivity (Wildman–Crippen MR) is 92.0 cm³/mol. The molecule has 2 heterocycles. The largest absolute Gasteiger partial charge is 0.497 e. The standard InChI is InChI=1S/C8H7BrN2O2.C7H8O.C2H2/c9-7-3-1-2-5(10-7)6-4-13-8(12)11-6;1-8-7-5-3-2-4-6-7;1-2/h1-3,6H,4H2,(H,11,12);2-6H,1H3;1-2H/t6-;;/m0../s1. The van der Waals surface area contributed by atoms with Crippen LogP contribution in [0.5, 0.6) is 5.75 Å². The van der Waals surface area contributed by atoms with E-state index in [0.717, 1.165) is 16.0 Å². The lowest BCUT2D eigenvalue weighted by Crippen LogP contribution is -2.19. The number of terminal acetylenes is 1. The van der Waals surface area contributed by atoms with E-state index in [1.54, 1.807) is 7.11 Å². The van der Waals surface area contributed by atoms with Gasteiger partial charge in [0, 0.05) is 0 Å². The van der Waals surface area contributed by atoms with E-state index < -0.39 is 0 Å². The molecule has 1 aromatic carbocycles. The highest BCUT2D eigenvalue weighted by molar-refractivity contribution is 9.10. The van der Waals surface area contributed by atoms with Gasteiger partial charge in [0.05, 0.1) is 12.8 Å². The molecular formula is C17H17BrN2O3. The quantitative estimate of drug-likeness (QED) is 0.642. The number of aromatic nitrogens is 1. The van der Waals surface area contributed by atoms with E-state index in [2.05, 4.69) is 39.1 Å². The van der Waals surface area contributed by atoms with Crippen LogP contribution in [-0.2, 0) is 4.74 Å². The number of hydrogen-bond donors (Lipinski definition) is 1. The first kappa shape index (κ1) is 18.5. The third-order valence-corrected chi connectivity index (χ3v) is 3.19. The van der Waals surface area contributed by atoms with Gasteiger partial charge < -0.3 is 14.8 Å². The van der Waals surface area contributed by atoms with E-state index in [1.807, 2.05) is 48.5 Å². The number of alkyl carbamates (subject to hydrolysis) is 1. The average molecular weight is 377 g/mol. The summed E-state index contributed by atoms with van der Waals surface area (Å²) in [6.07, 6.45) is 7.62. The van der Waals surface area contributed by atoms with Gasteiger partial charge in [-0.25, -0.2) is 9.78 Å². The number of amides is 1. The summed E-state index contributed by atoms with van der Waals surface area (Å²) in [6, 6.07) is 15.1. The Morgan fingerprint density at radius 3 is 2.39 bits per heavy atom. The summed E-state index contributed by atoms with van der Waals surface area (Å²) in [6.45, 7) is 0.349. The highest BCUT2D eigenvalue weighted by atomic mass is 79.9. The molecule has 5 nitrogen and oxygen atoms in total. The summed E-state index contributed by atoms with van der Waals surface area (Å²) in [7, 11) is 1.66. The molecule has 2 aromatic rings. The highest BCUT2D eigenvalue weighted by Crippen LogP contribution is 2.17. The Kier molecular flexibility index (Phi) is 8.25. The number of methoxy groups -OCH3 is 1. The second-order valence-electron chi connectivity index (χ2n) is 4.20. The molecule has 1 aliphatic heterocycles. The number of rotatable bonds is 2. The van der Waals surface area contributed by atoms with Crippen LogP contribution in [0.4, 0.5) is 4.79 Å². The minimum Gasteiger partial charge on any atom is -0.497 e. The SMILES string of the molecule is C#C.COc1ccccc1.O=C1N[C@H](c2cccc(Br)n2)CO1. The van der Waals surface area contributed by atoms with Crippen LogP contribution >= 0.6 is 15.9 Å². The van der Waals surface area contributed by atoms with Crippen molar-refractivity contribution < 1.29 is 14.3 Å². The molecule has 1 aromatic heterocycles. The lowest BCUT2D eigenvalue weighted by molar-refractivity contribution is 0.177. The zero-order valence-corrected chi connectivity index (χ0v) is 14.2. The molecule has 0 saturated carbocycles. The first-order valence-corrected chi connectivity index (χ1v) is 7.46. The maximum atomic E-state index is 10.7. The summed E-state index contributed by atoms with van der Waals surface area (Å²) < 4.78 is 10.4. The van der Waals surface area contributed by atoms with E-state index >= 15 is 0 Å². The fraction of sp³-hybridized carbons (Fsp3) is 0.176. The number of carbonyl (C=O) groups is 1. The second-order valence-corrected chi connectivity index (χ2v) is 5.01. The fourth-order valence-electron chi connectivity index (χ4n) is 1.72. The van der Waals surface area contributed by atoms with Crippen molar-refractivity contribution in [1.82, 2.24) is 10.3 Å². The number of nitrogens with one attached hydrogen (secondary N) is 1. The monoisotopic (exact) mass is 376 g/mol. The molecule has 3 rings (SSSR count). The van der Waals surface area contributed by atoms with Gasteiger partial charge >= 0.3 is 6.09 Å². The molecule has 1 fully saturated rings. The Labute approximate surface area is 144 Å². The number of para-hydroxylation sites is 1. The van der Waals surface area contributed by atoms with Gasteiger partial charge in [-0.15, -0.1) is 12.8 Å². The van der Waals surface area contributed by atoms with Crippen molar-refractivity contribution >= 4 is 22.0 Å². The van der Waals surface area contributed by atoms with Gasteiger partial charge in [0.2, 0.25) is 0 Å². The normalized spacial score (nSPS) is 15.0. The molecule has 0 aliphatic carbocycles. The topological polar surface area (TPSA) is 60.5 Å². The van der Waals surface area contributed by atoms with Crippen molar-refractivity contribution in [3.8, 4) is 18.6 Å². The molecule has 6 heteroatoms. The van der Waals surface area contributed by atoms with Crippen LogP contribution in [0.2, 0.25) is 0 Å². The van der Waals surface area contributed by atoms with E-state index in [1.165, 1.54) is 0 Å². The number of hydrogen-bond acceptors (Lipinski definition) is 4. The van der Waals surface area contributed by atoms with Crippen LogP contribution in [0.15, 0.2) is 53.1 Å². The molecular weight excluding hydrogens is 360 g/mol. The van der Waals surface area contributed by atoms with Crippen LogP contribution in [0.3, 0.4) is 0 Å². The maximum absolute atomic E-state index is 10.7. The summed E-state index contributed by atoms with van der Waals surface area (Å²) in [4.78, 5) is 15.0. The van der Waals surface area contributed by atoms with Gasteiger partial charge in [0.1, 0.15) is 23.0 Å². The first-order chi connectivity index (χ1) is 11.2. The van der Waals surface area contributed by atoms with Gasteiger partial charge in [-0.2, -0.15) is 0 Å². The molecule has 0 radical (unpaired) electrons. The van der Waals surface area contributed by atoms with E-state index in [0.29, 0.717) is 6.61 Å². The van der Waals surface area contributed by atoms with Crippen LogP contribution in [0.25, 0.3) is 0 Å². The molecule has 0 spiro atoms. The number of pyridine rings is 1. The van der Waals surface area contributed by atoms with E-state index in [9.17, 15) is 4.79 Å². The lowest BCUT2D eigenvalue weighted by atomic mass is 10.2. The Hall–Kier alpha value is -2.52. The van der Waals surface area contributed by atoms with E-state index in [-0.39, 0.29) is 12.1 Å². The number of nitrogens with zero attached hydrogens (tertiary/aromatic N) is 1. The van der Waals surface area contributed by atoms with E-state index in [4.69, 9.17) is 9.47 Å². The molecule has 1 amide bonds. The van der Waals surface area contributed by atoms with Gasteiger partial charge in [0.25, 0.3) is 0 Å². The van der Waals surface area contributed by atoms with Gasteiger partial charge in [0.15, 0.2) is 0 Å². The van der Waals surface area contributed by atoms with Crippen molar-refractivity contribution in [1.29, 1.82) is 0 Å². The van der Waals surface area contributed by atoms with Crippen molar-refractivity contribution in [2.45, 2.75) is 6.04 Å². The zero-order valence-electron chi connectivity index (χ0n) is 12.6. The van der Waals surface area contributed by atoms with Gasteiger partial charge in [-0.05, 0) is 40.2 Å². The van der Waals surface area contributed by atoms with Gasteiger partial charge in [-0.1, -0.05) is 24.3 Å². The molecule has 120 valence electrons. The van der Waals surface area contributed by atoms with Crippen LogP contribution < -0.4 is 10.1 Å². The summed E-state index contributed by atoms with van der Waals surface area (Å²) in [5.74, 6) is 0.910. The smallest absolute Gasteiger partial charge is 0.407 e. The minimum absolute atomic E-state index is 0.120. The lowest BCUT2D eigenvalue weighted by Gasteiger charge is -2.05. The molecule has 0 bridgehead atoms. The van der Waals surface area contributed by atoms with Crippen molar-refractivity contribution in [2.75, 3.05) is 13.7 Å². The third-order valence-electron chi connectivity index (χ3n) is 2.75. The Morgan fingerprint density at radius 1 is 1.22 bits per heavy atom. The number of halogens is 1. The molecule has 1 N–H and O–H groups in total. The fourth-order valence-corrected chi connectivity index (χ4v) is 2.08. The Bertz CT molecular complexity index is 632. The summed E-state index contributed by atoms with van der Waals surface area (Å²) >= 11 is 3.26. The van der Waals surface area contributed by atoms with Crippen LogP contribution in [-0.4, -0.2) is 24.8 Å². The minimum atomic E-state index is -0.383. The molecule has 23 heavy (non-hydrogen) atoms. The Morgan fingerprint density at radius 2 is 1.91 bits per heavy atom. The number of ether oxygens (including phenoxy) is 2. The summed E-state index contributed by atoms with van der Waals surface area (Å²) in [5, 5.41) is 2.65. The van der Waals surface area contributed by atoms with Crippen molar-refractivity contribution in [2.24, 2.45) is 0 Å². The second kappa shape index (κ2) is 10.2. The van der Waals surface area contributed by atoms with Crippen LogP contribution in [0, 0.1) is 12.8 Å². The first-order valence-electron chi connectivity index (χ1n) is 6.67. The molecule has 0 unspecified atom stereocenters. The number of carbonyl (C=O) groups excluding carboxylic acids is 1. The Balaban J connectivity index is 0.000000228. The summed E-state index contributed by atoms with van der Waals surface area (Å²) in [5.41, 5.74) is 0.806. The molecule has 1 aliphatic rings. The maximum Gasteiger partial charge on any atom is 0.407 e. The van der Waals surface area contributed by atoms with Crippen LogP contribution in [0.1, 0.15) is 11.7 Å².